The third-order valence-electron chi connectivity index (χ3n) is 4.93. The number of halogens is 1. The molecule has 1 N–H and O–H groups in total. The van der Waals surface area contributed by atoms with Gasteiger partial charge in [-0.1, -0.05) is 12.1 Å². The Bertz CT molecular complexity index is 854. The fourth-order valence-electron chi connectivity index (χ4n) is 3.39. The van der Waals surface area contributed by atoms with Gasteiger partial charge in [-0.2, -0.15) is 0 Å². The molecule has 0 bridgehead atoms. The molecule has 0 atom stereocenters. The van der Waals surface area contributed by atoms with Crippen LogP contribution in [-0.2, 0) is 9.53 Å². The number of nitrogens with one attached hydrogen (secondary N) is 1. The standard InChI is InChI=1S/C22H25FN2O3S2/c23-19-14-17(4-7-20(19)25-8-10-27-11-9-25)24-21(26)15-28-18-5-2-16(3-6-18)22-29-12-1-13-30-22/h2-7,14,22H,1,8-13,15H2,(H,24,26). The number of hydrogen-bond acceptors (Lipinski definition) is 6. The van der Waals surface area contributed by atoms with Crippen LogP contribution in [0.25, 0.3) is 0 Å². The van der Waals surface area contributed by atoms with Gasteiger partial charge in [0.15, 0.2) is 6.61 Å². The number of benzene rings is 2. The van der Waals surface area contributed by atoms with E-state index in [9.17, 15) is 9.18 Å². The summed E-state index contributed by atoms with van der Waals surface area (Å²) in [5, 5.41) is 2.69. The molecule has 0 unspecified atom stereocenters. The molecule has 2 aliphatic rings. The number of thioether (sulfide) groups is 2. The average molecular weight is 449 g/mol. The van der Waals surface area contributed by atoms with Crippen molar-refractivity contribution in [1.82, 2.24) is 0 Å². The van der Waals surface area contributed by atoms with Gasteiger partial charge in [0.2, 0.25) is 0 Å². The molecule has 2 aliphatic heterocycles. The molecule has 2 aromatic carbocycles. The molecule has 30 heavy (non-hydrogen) atoms. The van der Waals surface area contributed by atoms with E-state index in [0.717, 1.165) is 0 Å². The first-order valence-electron chi connectivity index (χ1n) is 10.1. The second-order valence-corrected chi connectivity index (χ2v) is 9.82. The molecule has 5 nitrogen and oxygen atoms in total. The highest BCUT2D eigenvalue weighted by Gasteiger charge is 2.17. The van der Waals surface area contributed by atoms with Crippen LogP contribution in [-0.4, -0.2) is 50.3 Å². The van der Waals surface area contributed by atoms with Crippen molar-refractivity contribution in [3.8, 4) is 5.75 Å². The first-order chi connectivity index (χ1) is 14.7. The largest absolute Gasteiger partial charge is 0.484 e. The van der Waals surface area contributed by atoms with Gasteiger partial charge in [0.25, 0.3) is 5.91 Å². The van der Waals surface area contributed by atoms with Crippen molar-refractivity contribution in [3.63, 3.8) is 0 Å². The minimum atomic E-state index is -0.357. The molecule has 2 aromatic rings. The number of anilines is 2. The molecule has 8 heteroatoms. The fraction of sp³-hybridized carbons (Fsp3) is 0.409. The number of nitrogens with zero attached hydrogens (tertiary/aromatic N) is 1. The van der Waals surface area contributed by atoms with Crippen LogP contribution >= 0.6 is 23.5 Å². The van der Waals surface area contributed by atoms with Crippen molar-refractivity contribution in [1.29, 1.82) is 0 Å². The van der Waals surface area contributed by atoms with E-state index >= 15 is 0 Å². The SMILES string of the molecule is O=C(COc1ccc(C2SCCCS2)cc1)Nc1ccc(N2CCOCC2)c(F)c1. The normalized spacial score (nSPS) is 17.6. The van der Waals surface area contributed by atoms with E-state index in [1.165, 1.54) is 29.6 Å². The van der Waals surface area contributed by atoms with E-state index in [2.05, 4.69) is 17.4 Å². The lowest BCUT2D eigenvalue weighted by Gasteiger charge is -2.29. The summed E-state index contributed by atoms with van der Waals surface area (Å²) in [6, 6.07) is 12.7. The van der Waals surface area contributed by atoms with Gasteiger partial charge in [0.1, 0.15) is 11.6 Å². The highest BCUT2D eigenvalue weighted by molar-refractivity contribution is 8.16. The number of hydrogen-bond donors (Lipinski definition) is 1. The Hall–Kier alpha value is -1.90. The van der Waals surface area contributed by atoms with Crippen LogP contribution in [0.2, 0.25) is 0 Å². The third kappa shape index (κ3) is 5.62. The van der Waals surface area contributed by atoms with Crippen LogP contribution in [0.15, 0.2) is 42.5 Å². The van der Waals surface area contributed by atoms with Crippen molar-refractivity contribution >= 4 is 40.8 Å². The minimum Gasteiger partial charge on any atom is -0.484 e. The number of amides is 1. The fourth-order valence-corrected chi connectivity index (χ4v) is 6.29. The van der Waals surface area contributed by atoms with E-state index in [0.29, 0.717) is 48.0 Å². The monoisotopic (exact) mass is 448 g/mol. The summed E-state index contributed by atoms with van der Waals surface area (Å²) < 4.78 is 25.8. The predicted molar refractivity (Wildman–Crippen MR) is 122 cm³/mol. The van der Waals surface area contributed by atoms with Gasteiger partial charge in [-0.25, -0.2) is 4.39 Å². The Morgan fingerprint density at radius 1 is 1.13 bits per heavy atom. The van der Waals surface area contributed by atoms with Crippen LogP contribution in [0, 0.1) is 5.82 Å². The Balaban J connectivity index is 1.27. The number of morpholine rings is 1. The summed E-state index contributed by atoms with van der Waals surface area (Å²) in [7, 11) is 0. The van der Waals surface area contributed by atoms with Gasteiger partial charge < -0.3 is 19.7 Å². The van der Waals surface area contributed by atoms with E-state index in [1.54, 1.807) is 12.1 Å². The van der Waals surface area contributed by atoms with Gasteiger partial charge >= 0.3 is 0 Å². The third-order valence-corrected chi connectivity index (χ3v) is 7.95. The number of carbonyl (C=O) groups excluding carboxylic acids is 1. The van der Waals surface area contributed by atoms with Gasteiger partial charge in [-0.05, 0) is 53.8 Å². The molecule has 2 saturated heterocycles. The maximum absolute atomic E-state index is 14.5. The second kappa shape index (κ2) is 10.4. The van der Waals surface area contributed by atoms with Crippen molar-refractivity contribution in [2.75, 3.05) is 54.6 Å². The van der Waals surface area contributed by atoms with Crippen molar-refractivity contribution in [2.45, 2.75) is 11.0 Å². The predicted octanol–water partition coefficient (Wildman–Crippen LogP) is 4.55. The van der Waals surface area contributed by atoms with Gasteiger partial charge in [-0.3, -0.25) is 4.79 Å². The molecular weight excluding hydrogens is 423 g/mol. The summed E-state index contributed by atoms with van der Waals surface area (Å²) in [4.78, 5) is 14.2. The summed E-state index contributed by atoms with van der Waals surface area (Å²) in [5.74, 6) is 2.36. The molecule has 4 rings (SSSR count). The zero-order chi connectivity index (χ0) is 20.8. The first-order valence-corrected chi connectivity index (χ1v) is 12.2. The maximum Gasteiger partial charge on any atom is 0.262 e. The highest BCUT2D eigenvalue weighted by atomic mass is 32.2. The molecule has 0 saturated carbocycles. The number of ether oxygens (including phenoxy) is 2. The Labute approximate surface area is 184 Å². The van der Waals surface area contributed by atoms with E-state index in [-0.39, 0.29) is 18.3 Å². The molecule has 0 aliphatic carbocycles. The summed E-state index contributed by atoms with van der Waals surface area (Å²) in [5.41, 5.74) is 2.22. The molecule has 0 spiro atoms. The molecule has 1 amide bonds. The summed E-state index contributed by atoms with van der Waals surface area (Å²) >= 11 is 3.94. The molecule has 2 heterocycles. The smallest absolute Gasteiger partial charge is 0.262 e. The van der Waals surface area contributed by atoms with Gasteiger partial charge in [-0.15, -0.1) is 23.5 Å². The molecule has 0 radical (unpaired) electrons. The zero-order valence-corrected chi connectivity index (χ0v) is 18.3. The molecular formula is C22H25FN2O3S2. The van der Waals surface area contributed by atoms with E-state index in [1.807, 2.05) is 40.6 Å². The Kier molecular flexibility index (Phi) is 7.41. The lowest BCUT2D eigenvalue weighted by atomic mass is 10.2. The maximum atomic E-state index is 14.5. The highest BCUT2D eigenvalue weighted by Crippen LogP contribution is 2.43. The Morgan fingerprint density at radius 2 is 1.87 bits per heavy atom. The number of carbonyl (C=O) groups is 1. The first kappa shape index (κ1) is 21.3. The van der Waals surface area contributed by atoms with E-state index < -0.39 is 0 Å². The average Bonchev–Trinajstić information content (AvgIpc) is 2.79. The number of rotatable bonds is 6. The molecule has 160 valence electrons. The summed E-state index contributed by atoms with van der Waals surface area (Å²) in [6.45, 7) is 2.38. The van der Waals surface area contributed by atoms with Crippen LogP contribution < -0.4 is 15.0 Å². The van der Waals surface area contributed by atoms with Crippen LogP contribution in [0.1, 0.15) is 16.6 Å². The second-order valence-electron chi connectivity index (χ2n) is 7.10. The van der Waals surface area contributed by atoms with Crippen LogP contribution in [0.5, 0.6) is 5.75 Å². The minimum absolute atomic E-state index is 0.126. The van der Waals surface area contributed by atoms with Crippen molar-refractivity contribution < 1.29 is 18.7 Å². The lowest BCUT2D eigenvalue weighted by Crippen LogP contribution is -2.36. The van der Waals surface area contributed by atoms with Gasteiger partial charge in [0, 0.05) is 18.8 Å². The molecule has 2 fully saturated rings. The Morgan fingerprint density at radius 3 is 2.57 bits per heavy atom. The van der Waals surface area contributed by atoms with Crippen LogP contribution in [0.4, 0.5) is 15.8 Å². The quantitative estimate of drug-likeness (QED) is 0.700. The zero-order valence-electron chi connectivity index (χ0n) is 16.6. The topological polar surface area (TPSA) is 50.8 Å². The van der Waals surface area contributed by atoms with Crippen molar-refractivity contribution in [3.05, 3.63) is 53.8 Å². The summed E-state index contributed by atoms with van der Waals surface area (Å²) in [6.07, 6.45) is 1.27. The van der Waals surface area contributed by atoms with Gasteiger partial charge in [0.05, 0.1) is 23.5 Å². The lowest BCUT2D eigenvalue weighted by molar-refractivity contribution is -0.118. The van der Waals surface area contributed by atoms with Crippen molar-refractivity contribution in [2.24, 2.45) is 0 Å². The molecule has 0 aromatic heterocycles. The van der Waals surface area contributed by atoms with E-state index in [4.69, 9.17) is 9.47 Å². The van der Waals surface area contributed by atoms with Crippen LogP contribution in [0.3, 0.4) is 0 Å².